The van der Waals surface area contributed by atoms with Gasteiger partial charge in [0.15, 0.2) is 0 Å². The van der Waals surface area contributed by atoms with Crippen LogP contribution < -0.4 is 5.56 Å². The molecule has 1 aromatic heterocycles. The first-order chi connectivity index (χ1) is 5.86. The van der Waals surface area contributed by atoms with Gasteiger partial charge >= 0.3 is 0 Å². The number of rotatable bonds is 1. The van der Waals surface area contributed by atoms with E-state index in [2.05, 4.69) is 9.97 Å². The van der Waals surface area contributed by atoms with Crippen LogP contribution >= 0.6 is 0 Å². The van der Waals surface area contributed by atoms with Crippen molar-refractivity contribution in [1.82, 2.24) is 9.97 Å². The maximum Gasteiger partial charge on any atom is 0.250 e. The van der Waals surface area contributed by atoms with Gasteiger partial charge in [-0.1, -0.05) is 0 Å². The van der Waals surface area contributed by atoms with Crippen molar-refractivity contribution in [2.24, 2.45) is 0 Å². The summed E-state index contributed by atoms with van der Waals surface area (Å²) in [6.45, 7) is 0.777. The predicted octanol–water partition coefficient (Wildman–Crippen LogP) is 0.621. The number of aromatic nitrogens is 2. The fourth-order valence-electron chi connectivity index (χ4n) is 1.37. The summed E-state index contributed by atoms with van der Waals surface area (Å²) < 4.78 is 5.38. The van der Waals surface area contributed by atoms with Crippen LogP contribution in [0.5, 0.6) is 0 Å². The summed E-state index contributed by atoms with van der Waals surface area (Å²) in [5.41, 5.74) is 0.631. The Morgan fingerprint density at radius 3 is 3.25 bits per heavy atom. The lowest BCUT2D eigenvalue weighted by atomic mass is 10.2. The Bertz CT molecular complexity index is 315. The molecular weight excluding hydrogens is 156 g/mol. The zero-order chi connectivity index (χ0) is 8.39. The molecule has 1 aliphatic rings. The highest BCUT2D eigenvalue weighted by Gasteiger charge is 2.18. The first kappa shape index (κ1) is 7.49. The Morgan fingerprint density at radius 2 is 2.58 bits per heavy atom. The number of hydrogen-bond acceptors (Lipinski definition) is 3. The third-order valence-electron chi connectivity index (χ3n) is 1.96. The van der Waals surface area contributed by atoms with Gasteiger partial charge in [0.25, 0.3) is 5.56 Å². The summed E-state index contributed by atoms with van der Waals surface area (Å²) in [6.07, 6.45) is 3.47. The molecule has 4 nitrogen and oxygen atoms in total. The minimum atomic E-state index is -0.115. The van der Waals surface area contributed by atoms with E-state index < -0.39 is 0 Å². The Labute approximate surface area is 69.6 Å². The number of aromatic amines is 1. The highest BCUT2D eigenvalue weighted by Crippen LogP contribution is 2.25. The molecule has 0 aromatic carbocycles. The highest BCUT2D eigenvalue weighted by molar-refractivity contribution is 5.03. The predicted molar refractivity (Wildman–Crippen MR) is 42.8 cm³/mol. The molecule has 12 heavy (non-hydrogen) atoms. The Balaban J connectivity index is 2.27. The van der Waals surface area contributed by atoms with Crippen molar-refractivity contribution in [2.45, 2.75) is 18.9 Å². The number of hydrogen-bond donors (Lipinski definition) is 1. The Kier molecular flexibility index (Phi) is 1.91. The van der Waals surface area contributed by atoms with Crippen molar-refractivity contribution in [3.8, 4) is 0 Å². The number of nitrogens with zero attached hydrogens (tertiary/aromatic N) is 1. The average Bonchev–Trinajstić information content (AvgIpc) is 2.56. The van der Waals surface area contributed by atoms with Gasteiger partial charge < -0.3 is 9.72 Å². The number of nitrogens with one attached hydrogen (secondary N) is 1. The summed E-state index contributed by atoms with van der Waals surface area (Å²) in [4.78, 5) is 17.4. The molecule has 1 N–H and O–H groups in total. The molecule has 2 heterocycles. The Hall–Kier alpha value is -1.16. The lowest BCUT2D eigenvalue weighted by Crippen LogP contribution is -2.09. The molecular formula is C8H10N2O2. The van der Waals surface area contributed by atoms with E-state index in [1.807, 2.05) is 0 Å². The van der Waals surface area contributed by atoms with Crippen LogP contribution in [0.15, 0.2) is 17.2 Å². The van der Waals surface area contributed by atoms with E-state index in [0.717, 1.165) is 25.1 Å². The lowest BCUT2D eigenvalue weighted by Gasteiger charge is -2.06. The van der Waals surface area contributed by atoms with Gasteiger partial charge in [-0.2, -0.15) is 0 Å². The third-order valence-corrected chi connectivity index (χ3v) is 1.96. The first-order valence-corrected chi connectivity index (χ1v) is 4.02. The van der Waals surface area contributed by atoms with Crippen LogP contribution in [0.4, 0.5) is 0 Å². The van der Waals surface area contributed by atoms with Crippen LogP contribution in [0.3, 0.4) is 0 Å². The summed E-state index contributed by atoms with van der Waals surface area (Å²) in [5, 5.41) is 0. The lowest BCUT2D eigenvalue weighted by molar-refractivity contribution is 0.108. The normalized spacial score (nSPS) is 22.8. The molecule has 0 aliphatic carbocycles. The quantitative estimate of drug-likeness (QED) is 0.665. The van der Waals surface area contributed by atoms with Crippen molar-refractivity contribution in [3.05, 3.63) is 28.4 Å². The average molecular weight is 166 g/mol. The molecule has 64 valence electrons. The van der Waals surface area contributed by atoms with Gasteiger partial charge in [-0.25, -0.2) is 4.98 Å². The Morgan fingerprint density at radius 1 is 1.67 bits per heavy atom. The minimum Gasteiger partial charge on any atom is -0.372 e. The van der Waals surface area contributed by atoms with Crippen LogP contribution in [0.25, 0.3) is 0 Å². The van der Waals surface area contributed by atoms with E-state index in [9.17, 15) is 4.79 Å². The van der Waals surface area contributed by atoms with Crippen LogP contribution in [0.1, 0.15) is 24.6 Å². The molecule has 1 unspecified atom stereocenters. The van der Waals surface area contributed by atoms with Gasteiger partial charge in [0.1, 0.15) is 0 Å². The second-order valence-electron chi connectivity index (χ2n) is 2.84. The summed E-state index contributed by atoms with van der Waals surface area (Å²) >= 11 is 0. The summed E-state index contributed by atoms with van der Waals surface area (Å²) in [7, 11) is 0. The topological polar surface area (TPSA) is 55.0 Å². The van der Waals surface area contributed by atoms with Gasteiger partial charge in [0, 0.05) is 12.7 Å². The van der Waals surface area contributed by atoms with E-state index in [0.29, 0.717) is 0 Å². The van der Waals surface area contributed by atoms with Gasteiger partial charge in [0.2, 0.25) is 0 Å². The molecule has 0 radical (unpaired) electrons. The van der Waals surface area contributed by atoms with Crippen molar-refractivity contribution in [3.63, 3.8) is 0 Å². The van der Waals surface area contributed by atoms with Crippen LogP contribution in [-0.4, -0.2) is 16.6 Å². The molecule has 2 rings (SSSR count). The molecule has 0 amide bonds. The number of H-pyrrole nitrogens is 1. The second-order valence-corrected chi connectivity index (χ2v) is 2.84. The van der Waals surface area contributed by atoms with Gasteiger partial charge in [-0.05, 0) is 12.8 Å². The molecule has 1 atom stereocenters. The molecule has 1 aromatic rings. The smallest absolute Gasteiger partial charge is 0.250 e. The van der Waals surface area contributed by atoms with Crippen LogP contribution in [-0.2, 0) is 4.74 Å². The monoisotopic (exact) mass is 166 g/mol. The highest BCUT2D eigenvalue weighted by atomic mass is 16.5. The van der Waals surface area contributed by atoms with Gasteiger partial charge in [-0.15, -0.1) is 0 Å². The SMILES string of the molecule is O=c1cc(C2CCCO2)nc[nH]1. The van der Waals surface area contributed by atoms with E-state index in [1.54, 1.807) is 0 Å². The zero-order valence-electron chi connectivity index (χ0n) is 6.62. The van der Waals surface area contributed by atoms with E-state index in [1.165, 1.54) is 12.4 Å². The van der Waals surface area contributed by atoms with Crippen molar-refractivity contribution in [2.75, 3.05) is 6.61 Å². The molecule has 4 heteroatoms. The number of ether oxygens (including phenoxy) is 1. The molecule has 0 spiro atoms. The van der Waals surface area contributed by atoms with Crippen molar-refractivity contribution < 1.29 is 4.74 Å². The van der Waals surface area contributed by atoms with Crippen molar-refractivity contribution >= 4 is 0 Å². The van der Waals surface area contributed by atoms with Gasteiger partial charge in [-0.3, -0.25) is 4.79 Å². The first-order valence-electron chi connectivity index (χ1n) is 4.02. The zero-order valence-corrected chi connectivity index (χ0v) is 6.62. The third kappa shape index (κ3) is 1.38. The molecule has 0 saturated carbocycles. The second kappa shape index (κ2) is 3.06. The standard InChI is InChI=1S/C8H10N2O2/c11-8-4-6(9-5-10-8)7-2-1-3-12-7/h4-5,7H,1-3H2,(H,9,10,11). The fourth-order valence-corrected chi connectivity index (χ4v) is 1.37. The summed E-state index contributed by atoms with van der Waals surface area (Å²) in [5.74, 6) is 0. The summed E-state index contributed by atoms with van der Waals surface area (Å²) in [6, 6.07) is 1.50. The fraction of sp³-hybridized carbons (Fsp3) is 0.500. The van der Waals surface area contributed by atoms with Crippen LogP contribution in [0.2, 0.25) is 0 Å². The minimum absolute atomic E-state index is 0.0345. The molecule has 1 saturated heterocycles. The van der Waals surface area contributed by atoms with E-state index in [4.69, 9.17) is 4.74 Å². The van der Waals surface area contributed by atoms with E-state index in [-0.39, 0.29) is 11.7 Å². The largest absolute Gasteiger partial charge is 0.372 e. The maximum absolute atomic E-state index is 10.9. The maximum atomic E-state index is 10.9. The molecule has 1 fully saturated rings. The van der Waals surface area contributed by atoms with E-state index >= 15 is 0 Å². The van der Waals surface area contributed by atoms with Crippen LogP contribution in [0, 0.1) is 0 Å². The van der Waals surface area contributed by atoms with Gasteiger partial charge in [0.05, 0.1) is 18.1 Å². The molecule has 0 bridgehead atoms. The van der Waals surface area contributed by atoms with Crippen molar-refractivity contribution in [1.29, 1.82) is 0 Å². The molecule has 1 aliphatic heterocycles.